The van der Waals surface area contributed by atoms with Crippen molar-refractivity contribution in [2.24, 2.45) is 5.73 Å². The van der Waals surface area contributed by atoms with E-state index in [2.05, 4.69) is 9.97 Å². The summed E-state index contributed by atoms with van der Waals surface area (Å²) in [6.45, 7) is 0. The van der Waals surface area contributed by atoms with Gasteiger partial charge in [-0.25, -0.2) is 14.4 Å². The molecule has 0 atom stereocenters. The lowest BCUT2D eigenvalue weighted by molar-refractivity contribution is 0.100. The fourth-order valence-electron chi connectivity index (χ4n) is 2.49. The van der Waals surface area contributed by atoms with Crippen molar-refractivity contribution >= 4 is 29.0 Å². The van der Waals surface area contributed by atoms with Crippen molar-refractivity contribution in [2.75, 3.05) is 0 Å². The number of hydrogen-bond acceptors (Lipinski definition) is 6. The Hall–Kier alpha value is -2.97. The van der Waals surface area contributed by atoms with Crippen molar-refractivity contribution in [2.45, 2.75) is 11.0 Å². The molecule has 0 aliphatic rings. The van der Waals surface area contributed by atoms with Gasteiger partial charge in [0.1, 0.15) is 10.8 Å². The average molecular weight is 411 g/mol. The molecule has 4 rings (SSSR count). The maximum Gasteiger partial charge on any atom is 0.256 e. The molecule has 0 radical (unpaired) electrons. The van der Waals surface area contributed by atoms with Crippen LogP contribution in [0.15, 0.2) is 69.7 Å². The van der Waals surface area contributed by atoms with Crippen LogP contribution in [0.3, 0.4) is 0 Å². The van der Waals surface area contributed by atoms with Gasteiger partial charge in [0.05, 0.1) is 11.9 Å². The Morgan fingerprint density at radius 1 is 1.11 bits per heavy atom. The smallest absolute Gasteiger partial charge is 0.256 e. The van der Waals surface area contributed by atoms with Crippen LogP contribution in [-0.4, -0.2) is 15.9 Å². The van der Waals surface area contributed by atoms with Gasteiger partial charge in [-0.1, -0.05) is 23.9 Å². The number of oxazole rings is 1. The van der Waals surface area contributed by atoms with Gasteiger partial charge < -0.3 is 10.2 Å². The second-order valence-corrected chi connectivity index (χ2v) is 7.66. The van der Waals surface area contributed by atoms with Crippen LogP contribution in [-0.2, 0) is 5.75 Å². The zero-order valence-corrected chi connectivity index (χ0v) is 16.1. The first kappa shape index (κ1) is 18.4. The number of amides is 1. The van der Waals surface area contributed by atoms with E-state index in [-0.39, 0.29) is 5.82 Å². The molecule has 0 saturated carbocycles. The quantitative estimate of drug-likeness (QED) is 0.452. The number of primary amides is 1. The van der Waals surface area contributed by atoms with Gasteiger partial charge in [0, 0.05) is 27.8 Å². The molecule has 0 saturated heterocycles. The molecule has 0 bridgehead atoms. The molecule has 0 fully saturated rings. The number of hydrogen-bond donors (Lipinski definition) is 1. The molecule has 140 valence electrons. The number of thioether (sulfide) groups is 1. The second kappa shape index (κ2) is 7.95. The zero-order chi connectivity index (χ0) is 19.5. The number of benzene rings is 2. The maximum absolute atomic E-state index is 13.0. The monoisotopic (exact) mass is 411 g/mol. The molecule has 0 aliphatic carbocycles. The van der Waals surface area contributed by atoms with Crippen LogP contribution in [0.4, 0.5) is 4.39 Å². The highest BCUT2D eigenvalue weighted by molar-refractivity contribution is 7.98. The fourth-order valence-corrected chi connectivity index (χ4v) is 4.12. The highest BCUT2D eigenvalue weighted by Crippen LogP contribution is 2.30. The standard InChI is InChI=1S/C20H14FN3O2S2/c21-15-7-5-12(6-8-15)17-9-23-20(26-17)28-11-16-10-27-19(24-16)14-3-1-13(2-4-14)18(22)25/h1-10H,11H2,(H2,22,25). The average Bonchev–Trinajstić information content (AvgIpc) is 3.37. The van der Waals surface area contributed by atoms with Crippen LogP contribution < -0.4 is 5.73 Å². The first-order chi connectivity index (χ1) is 13.6. The third kappa shape index (κ3) is 4.13. The Kier molecular flexibility index (Phi) is 5.23. The fraction of sp³-hybridized carbons (Fsp3) is 0.0500. The topological polar surface area (TPSA) is 82.0 Å². The molecule has 2 heterocycles. The Morgan fingerprint density at radius 2 is 1.82 bits per heavy atom. The highest BCUT2D eigenvalue weighted by atomic mass is 32.2. The van der Waals surface area contributed by atoms with Gasteiger partial charge in [0.15, 0.2) is 5.76 Å². The van der Waals surface area contributed by atoms with Crippen LogP contribution in [0, 0.1) is 5.82 Å². The summed E-state index contributed by atoms with van der Waals surface area (Å²) in [6.07, 6.45) is 1.63. The normalized spacial score (nSPS) is 10.9. The summed E-state index contributed by atoms with van der Waals surface area (Å²) in [5.74, 6) is 0.463. The van der Waals surface area contributed by atoms with Crippen molar-refractivity contribution < 1.29 is 13.6 Å². The van der Waals surface area contributed by atoms with Gasteiger partial charge in [-0.15, -0.1) is 11.3 Å². The van der Waals surface area contributed by atoms with Gasteiger partial charge in [-0.05, 0) is 36.4 Å². The summed E-state index contributed by atoms with van der Waals surface area (Å²) in [6, 6.07) is 13.1. The number of nitrogens with two attached hydrogens (primary N) is 1. The van der Waals surface area contributed by atoms with E-state index < -0.39 is 5.91 Å². The van der Waals surface area contributed by atoms with E-state index in [1.165, 1.54) is 35.2 Å². The summed E-state index contributed by atoms with van der Waals surface area (Å²) < 4.78 is 18.7. The Bertz CT molecular complexity index is 1110. The number of halogens is 1. The van der Waals surface area contributed by atoms with Crippen LogP contribution in [0.2, 0.25) is 0 Å². The molecule has 2 N–H and O–H groups in total. The summed E-state index contributed by atoms with van der Waals surface area (Å²) in [4.78, 5) is 20.0. The van der Waals surface area contributed by atoms with Gasteiger partial charge in [-0.3, -0.25) is 4.79 Å². The minimum absolute atomic E-state index is 0.290. The first-order valence-corrected chi connectivity index (χ1v) is 10.1. The molecule has 5 nitrogen and oxygen atoms in total. The predicted molar refractivity (Wildman–Crippen MR) is 108 cm³/mol. The lowest BCUT2D eigenvalue weighted by Crippen LogP contribution is -2.10. The van der Waals surface area contributed by atoms with Crippen LogP contribution in [0.5, 0.6) is 0 Å². The predicted octanol–water partition coefficient (Wildman–Crippen LogP) is 5.00. The summed E-state index contributed by atoms with van der Waals surface area (Å²) in [5.41, 5.74) is 8.34. The number of thiazole rings is 1. The molecule has 0 spiro atoms. The molecular formula is C20H14FN3O2S2. The Morgan fingerprint density at radius 3 is 2.54 bits per heavy atom. The van der Waals surface area contributed by atoms with Crippen molar-refractivity contribution in [1.82, 2.24) is 9.97 Å². The molecule has 0 unspecified atom stereocenters. The number of aromatic nitrogens is 2. The highest BCUT2D eigenvalue weighted by Gasteiger charge is 2.10. The Balaban J connectivity index is 1.41. The molecule has 2 aromatic carbocycles. The Labute approximate surface area is 168 Å². The van der Waals surface area contributed by atoms with Crippen LogP contribution >= 0.6 is 23.1 Å². The van der Waals surface area contributed by atoms with E-state index in [1.807, 2.05) is 17.5 Å². The van der Waals surface area contributed by atoms with Crippen molar-refractivity contribution in [3.63, 3.8) is 0 Å². The first-order valence-electron chi connectivity index (χ1n) is 8.28. The van der Waals surface area contributed by atoms with Gasteiger partial charge in [0.2, 0.25) is 5.91 Å². The van der Waals surface area contributed by atoms with E-state index in [0.717, 1.165) is 21.8 Å². The van der Waals surface area contributed by atoms with E-state index >= 15 is 0 Å². The van der Waals surface area contributed by atoms with Gasteiger partial charge >= 0.3 is 0 Å². The van der Waals surface area contributed by atoms with E-state index in [9.17, 15) is 9.18 Å². The molecule has 2 aromatic heterocycles. The van der Waals surface area contributed by atoms with Gasteiger partial charge in [-0.2, -0.15) is 0 Å². The number of nitrogens with zero attached hydrogens (tertiary/aromatic N) is 2. The largest absolute Gasteiger partial charge is 0.431 e. The number of carbonyl (C=O) groups is 1. The van der Waals surface area contributed by atoms with E-state index in [0.29, 0.717) is 22.3 Å². The van der Waals surface area contributed by atoms with Crippen molar-refractivity contribution in [3.8, 4) is 21.9 Å². The molecule has 1 amide bonds. The number of carbonyl (C=O) groups excluding carboxylic acids is 1. The summed E-state index contributed by atoms with van der Waals surface area (Å²) >= 11 is 2.97. The minimum Gasteiger partial charge on any atom is -0.431 e. The minimum atomic E-state index is -0.450. The number of rotatable bonds is 6. The van der Waals surface area contributed by atoms with Crippen molar-refractivity contribution in [1.29, 1.82) is 0 Å². The van der Waals surface area contributed by atoms with Crippen molar-refractivity contribution in [3.05, 3.63) is 77.2 Å². The maximum atomic E-state index is 13.0. The molecule has 4 aromatic rings. The second-order valence-electron chi connectivity index (χ2n) is 5.87. The zero-order valence-electron chi connectivity index (χ0n) is 14.5. The summed E-state index contributed by atoms with van der Waals surface area (Å²) in [7, 11) is 0. The molecular weight excluding hydrogens is 397 g/mol. The molecule has 0 aliphatic heterocycles. The SMILES string of the molecule is NC(=O)c1ccc(-c2nc(CSc3ncc(-c4ccc(F)cc4)o3)cs2)cc1. The summed E-state index contributed by atoms with van der Waals surface area (Å²) in [5, 5.41) is 3.37. The van der Waals surface area contributed by atoms with Crippen LogP contribution in [0.1, 0.15) is 16.1 Å². The van der Waals surface area contributed by atoms with E-state index in [1.54, 1.807) is 30.5 Å². The lowest BCUT2D eigenvalue weighted by atomic mass is 10.1. The van der Waals surface area contributed by atoms with Gasteiger partial charge in [0.25, 0.3) is 5.22 Å². The van der Waals surface area contributed by atoms with E-state index in [4.69, 9.17) is 10.2 Å². The molecule has 8 heteroatoms. The van der Waals surface area contributed by atoms with Crippen LogP contribution in [0.25, 0.3) is 21.9 Å². The lowest BCUT2D eigenvalue weighted by Gasteiger charge is -1.98. The third-order valence-corrected chi connectivity index (χ3v) is 5.74. The third-order valence-electron chi connectivity index (χ3n) is 3.92. The molecule has 28 heavy (non-hydrogen) atoms.